The fourth-order valence-electron chi connectivity index (χ4n) is 3.40. The van der Waals surface area contributed by atoms with Gasteiger partial charge in [0.15, 0.2) is 16.9 Å². The summed E-state index contributed by atoms with van der Waals surface area (Å²) in [5.41, 5.74) is 0.0376. The minimum atomic E-state index is -0.831. The summed E-state index contributed by atoms with van der Waals surface area (Å²) in [6.45, 7) is 3.64. The molecular formula is C22H22O7. The second kappa shape index (κ2) is 7.87. The number of aromatic hydroxyl groups is 3. The maximum atomic E-state index is 12.8. The van der Waals surface area contributed by atoms with Crippen LogP contribution in [-0.4, -0.2) is 28.4 Å². The summed E-state index contributed by atoms with van der Waals surface area (Å²) in [6.07, 6.45) is -0.111. The summed E-state index contributed by atoms with van der Waals surface area (Å²) >= 11 is 0. The minimum absolute atomic E-state index is 0.0746. The van der Waals surface area contributed by atoms with Gasteiger partial charge in [-0.25, -0.2) is 0 Å². The number of fused-ring (bicyclic) bond motifs is 1. The van der Waals surface area contributed by atoms with Crippen LogP contribution in [0.3, 0.4) is 0 Å². The lowest BCUT2D eigenvalue weighted by molar-refractivity contribution is -0.141. The molecule has 0 aliphatic rings. The Balaban J connectivity index is 2.40. The van der Waals surface area contributed by atoms with Crippen molar-refractivity contribution in [3.05, 3.63) is 52.2 Å². The lowest BCUT2D eigenvalue weighted by Crippen LogP contribution is -2.15. The fourth-order valence-corrected chi connectivity index (χ4v) is 3.40. The molecule has 7 nitrogen and oxygen atoms in total. The third-order valence-electron chi connectivity index (χ3n) is 4.98. The Hall–Kier alpha value is -3.48. The number of ether oxygens (including phenoxy) is 1. The number of hydrogen-bond donors (Lipinski definition) is 3. The van der Waals surface area contributed by atoms with Crippen molar-refractivity contribution in [1.29, 1.82) is 0 Å². The zero-order valence-electron chi connectivity index (χ0n) is 16.3. The first-order valence-electron chi connectivity index (χ1n) is 9.13. The van der Waals surface area contributed by atoms with Gasteiger partial charge < -0.3 is 24.5 Å². The monoisotopic (exact) mass is 398 g/mol. The van der Waals surface area contributed by atoms with Crippen LogP contribution in [-0.2, 0) is 9.53 Å². The first kappa shape index (κ1) is 20.3. The molecule has 152 valence electrons. The first-order chi connectivity index (χ1) is 13.8. The normalized spacial score (nSPS) is 12.3. The molecule has 2 aromatic carbocycles. The molecule has 1 unspecified atom stereocenters. The van der Waals surface area contributed by atoms with Crippen LogP contribution in [0.2, 0.25) is 0 Å². The van der Waals surface area contributed by atoms with E-state index in [0.29, 0.717) is 5.56 Å². The van der Waals surface area contributed by atoms with Crippen molar-refractivity contribution >= 4 is 16.9 Å². The van der Waals surface area contributed by atoms with E-state index in [9.17, 15) is 24.9 Å². The van der Waals surface area contributed by atoms with E-state index in [1.807, 2.05) is 19.9 Å². The number of carbonyl (C=O) groups is 1. The summed E-state index contributed by atoms with van der Waals surface area (Å²) < 4.78 is 10.7. The molecule has 1 heterocycles. The van der Waals surface area contributed by atoms with Crippen LogP contribution in [0, 0.1) is 5.92 Å². The quantitative estimate of drug-likeness (QED) is 0.441. The highest BCUT2D eigenvalue weighted by molar-refractivity contribution is 5.93. The summed E-state index contributed by atoms with van der Waals surface area (Å²) in [7, 11) is 1.25. The van der Waals surface area contributed by atoms with Gasteiger partial charge in [-0.1, -0.05) is 44.2 Å². The van der Waals surface area contributed by atoms with Gasteiger partial charge in [-0.15, -0.1) is 0 Å². The summed E-state index contributed by atoms with van der Waals surface area (Å²) in [6, 6.07) is 10.1. The average molecular weight is 398 g/mol. The minimum Gasteiger partial charge on any atom is -0.504 e. The lowest BCUT2D eigenvalue weighted by atomic mass is 9.83. The van der Waals surface area contributed by atoms with E-state index in [1.54, 1.807) is 24.3 Å². The number of esters is 1. The van der Waals surface area contributed by atoms with Crippen molar-refractivity contribution in [3.8, 4) is 28.6 Å². The number of rotatable bonds is 5. The number of phenols is 3. The molecule has 29 heavy (non-hydrogen) atoms. The topological polar surface area (TPSA) is 117 Å². The van der Waals surface area contributed by atoms with E-state index in [2.05, 4.69) is 0 Å². The van der Waals surface area contributed by atoms with Crippen molar-refractivity contribution < 1.29 is 29.3 Å². The van der Waals surface area contributed by atoms with Gasteiger partial charge in [0.2, 0.25) is 5.75 Å². The fraction of sp³-hybridized carbons (Fsp3) is 0.273. The van der Waals surface area contributed by atoms with Crippen LogP contribution in [0.15, 0.2) is 45.6 Å². The van der Waals surface area contributed by atoms with Crippen molar-refractivity contribution in [2.24, 2.45) is 5.92 Å². The third-order valence-corrected chi connectivity index (χ3v) is 4.98. The molecule has 1 aromatic heterocycles. The Morgan fingerprint density at radius 2 is 1.72 bits per heavy atom. The molecule has 0 aliphatic heterocycles. The number of benzene rings is 2. The zero-order chi connectivity index (χ0) is 21.3. The molecule has 1 atom stereocenters. The largest absolute Gasteiger partial charge is 0.504 e. The molecule has 7 heteroatoms. The molecule has 3 rings (SSSR count). The van der Waals surface area contributed by atoms with E-state index in [-0.39, 0.29) is 34.6 Å². The van der Waals surface area contributed by atoms with Gasteiger partial charge in [-0.2, -0.15) is 0 Å². The van der Waals surface area contributed by atoms with Crippen LogP contribution in [0.4, 0.5) is 0 Å². The number of methoxy groups -OCH3 is 1. The van der Waals surface area contributed by atoms with Crippen molar-refractivity contribution in [2.45, 2.75) is 26.2 Å². The Kier molecular flexibility index (Phi) is 5.50. The second-order valence-corrected chi connectivity index (χ2v) is 7.14. The molecule has 0 aliphatic carbocycles. The van der Waals surface area contributed by atoms with Gasteiger partial charge in [-0.3, -0.25) is 9.59 Å². The number of hydrogen-bond acceptors (Lipinski definition) is 7. The highest BCUT2D eigenvalue weighted by Gasteiger charge is 2.31. The van der Waals surface area contributed by atoms with Crippen LogP contribution in [0.5, 0.6) is 17.2 Å². The highest BCUT2D eigenvalue weighted by Crippen LogP contribution is 2.49. The Bertz CT molecular complexity index is 1110. The first-order valence-corrected chi connectivity index (χ1v) is 9.13. The van der Waals surface area contributed by atoms with Gasteiger partial charge in [-0.05, 0) is 5.92 Å². The molecule has 0 spiro atoms. The van der Waals surface area contributed by atoms with Gasteiger partial charge in [0.1, 0.15) is 16.7 Å². The SMILES string of the molecule is COC(=O)CC(c1c(O)c(O)c(O)c2c(=O)cc(-c3ccccc3)oc12)C(C)C. The maximum absolute atomic E-state index is 12.8. The second-order valence-electron chi connectivity index (χ2n) is 7.14. The van der Waals surface area contributed by atoms with Crippen LogP contribution in [0.25, 0.3) is 22.3 Å². The predicted octanol–water partition coefficient (Wildman–Crippen LogP) is 3.88. The van der Waals surface area contributed by atoms with Gasteiger partial charge >= 0.3 is 5.97 Å². The summed E-state index contributed by atoms with van der Waals surface area (Å²) in [5.74, 6) is -3.34. The van der Waals surface area contributed by atoms with Gasteiger partial charge in [0.25, 0.3) is 0 Å². The average Bonchev–Trinajstić information content (AvgIpc) is 2.71. The molecule has 0 bridgehead atoms. The summed E-state index contributed by atoms with van der Waals surface area (Å²) in [4.78, 5) is 24.7. The van der Waals surface area contributed by atoms with Crippen molar-refractivity contribution in [1.82, 2.24) is 0 Å². The zero-order valence-corrected chi connectivity index (χ0v) is 16.3. The standard InChI is InChI=1S/C22H22O7/c1-11(2)13(9-16(24)28-3)17-19(25)21(27)20(26)18-14(23)10-15(29-22(17)18)12-7-5-4-6-8-12/h4-8,10-11,13,25-27H,9H2,1-3H3. The maximum Gasteiger partial charge on any atom is 0.306 e. The van der Waals surface area contributed by atoms with E-state index in [4.69, 9.17) is 9.15 Å². The number of phenolic OH excluding ortho intramolecular Hbond substituents is 3. The molecule has 3 N–H and O–H groups in total. The molecule has 0 fully saturated rings. The van der Waals surface area contributed by atoms with Crippen molar-refractivity contribution in [2.75, 3.05) is 7.11 Å². The molecule has 0 saturated carbocycles. The lowest BCUT2D eigenvalue weighted by Gasteiger charge is -2.23. The number of carbonyl (C=O) groups excluding carboxylic acids is 1. The van der Waals surface area contributed by atoms with Gasteiger partial charge in [0.05, 0.1) is 13.5 Å². The Morgan fingerprint density at radius 3 is 2.31 bits per heavy atom. The third kappa shape index (κ3) is 3.63. The predicted molar refractivity (Wildman–Crippen MR) is 107 cm³/mol. The van der Waals surface area contributed by atoms with Gasteiger partial charge in [0, 0.05) is 23.1 Å². The molecule has 0 radical (unpaired) electrons. The van der Waals surface area contributed by atoms with Crippen molar-refractivity contribution in [3.63, 3.8) is 0 Å². The molecule has 0 saturated heterocycles. The van der Waals surface area contributed by atoms with E-state index in [0.717, 1.165) is 0 Å². The van der Waals surface area contributed by atoms with E-state index in [1.165, 1.54) is 13.2 Å². The van der Waals surface area contributed by atoms with E-state index >= 15 is 0 Å². The van der Waals surface area contributed by atoms with Crippen LogP contribution < -0.4 is 5.43 Å². The van der Waals surface area contributed by atoms with E-state index < -0.39 is 34.6 Å². The summed E-state index contributed by atoms with van der Waals surface area (Å²) in [5, 5.41) is 30.9. The molecule has 0 amide bonds. The Morgan fingerprint density at radius 1 is 1.07 bits per heavy atom. The molecule has 3 aromatic rings. The smallest absolute Gasteiger partial charge is 0.306 e. The van der Waals surface area contributed by atoms with Crippen LogP contribution >= 0.6 is 0 Å². The highest BCUT2D eigenvalue weighted by atomic mass is 16.5. The Labute approximate surface area is 166 Å². The van der Waals surface area contributed by atoms with Crippen LogP contribution in [0.1, 0.15) is 31.7 Å². The molecular weight excluding hydrogens is 376 g/mol.